The molecule has 0 saturated carbocycles. The number of ether oxygens (including phenoxy) is 2. The summed E-state index contributed by atoms with van der Waals surface area (Å²) in [7, 11) is 0. The molecule has 0 amide bonds. The second-order valence-electron chi connectivity index (χ2n) is 4.23. The minimum atomic E-state index is -4.33. The molecule has 0 aromatic heterocycles. The van der Waals surface area contributed by atoms with Crippen LogP contribution in [0.3, 0.4) is 0 Å². The summed E-state index contributed by atoms with van der Waals surface area (Å²) in [5.74, 6) is 0.464. The number of aliphatic hydroxyl groups excluding tert-OH is 1. The molecule has 0 aliphatic heterocycles. The summed E-state index contributed by atoms with van der Waals surface area (Å²) in [6, 6.07) is 5.28. The summed E-state index contributed by atoms with van der Waals surface area (Å²) >= 11 is 0. The molecule has 0 aliphatic carbocycles. The first-order valence-electron chi connectivity index (χ1n) is 5.85. The van der Waals surface area contributed by atoms with Gasteiger partial charge in [0.1, 0.15) is 19.0 Å². The first-order chi connectivity index (χ1) is 8.79. The van der Waals surface area contributed by atoms with E-state index in [9.17, 15) is 18.3 Å². The average Bonchev–Trinajstić information content (AvgIpc) is 2.26. The number of hydrogen-bond donors (Lipinski definition) is 1. The van der Waals surface area contributed by atoms with E-state index in [-0.39, 0.29) is 13.2 Å². The number of benzene rings is 1. The molecule has 1 aromatic carbocycles. The number of alkyl halides is 3. The minimum Gasteiger partial charge on any atom is -0.491 e. The van der Waals surface area contributed by atoms with Crippen molar-refractivity contribution in [2.24, 2.45) is 0 Å². The Morgan fingerprint density at radius 2 is 1.95 bits per heavy atom. The van der Waals surface area contributed by atoms with Gasteiger partial charge >= 0.3 is 6.18 Å². The lowest BCUT2D eigenvalue weighted by atomic mass is 10.1. The van der Waals surface area contributed by atoms with Crippen LogP contribution < -0.4 is 4.74 Å². The van der Waals surface area contributed by atoms with Crippen molar-refractivity contribution in [3.8, 4) is 5.75 Å². The predicted octanol–water partition coefficient (Wildman–Crippen LogP) is 3.01. The van der Waals surface area contributed by atoms with E-state index in [4.69, 9.17) is 4.74 Å². The molecule has 0 saturated heterocycles. The fourth-order valence-corrected chi connectivity index (χ4v) is 1.51. The van der Waals surface area contributed by atoms with Crippen molar-refractivity contribution in [2.45, 2.75) is 26.1 Å². The van der Waals surface area contributed by atoms with E-state index >= 15 is 0 Å². The molecule has 0 bridgehead atoms. The van der Waals surface area contributed by atoms with Crippen LogP contribution in [0.5, 0.6) is 5.75 Å². The van der Waals surface area contributed by atoms with Gasteiger partial charge in [0.2, 0.25) is 0 Å². The van der Waals surface area contributed by atoms with Crippen molar-refractivity contribution >= 4 is 0 Å². The zero-order valence-corrected chi connectivity index (χ0v) is 10.8. The summed E-state index contributed by atoms with van der Waals surface area (Å²) < 4.78 is 45.3. The molecule has 1 rings (SSSR count). The molecule has 0 aliphatic rings. The van der Waals surface area contributed by atoms with Crippen LogP contribution >= 0.6 is 0 Å². The van der Waals surface area contributed by atoms with Crippen LogP contribution in [0.1, 0.15) is 24.2 Å². The van der Waals surface area contributed by atoms with Crippen LogP contribution in [0, 0.1) is 6.92 Å². The normalized spacial score (nSPS) is 13.4. The molecular formula is C13H17F3O3. The Kier molecular flexibility index (Phi) is 5.62. The molecule has 0 fully saturated rings. The van der Waals surface area contributed by atoms with Gasteiger partial charge in [-0.1, -0.05) is 12.1 Å². The summed E-state index contributed by atoms with van der Waals surface area (Å²) in [6.45, 7) is 2.01. The van der Waals surface area contributed by atoms with E-state index in [1.165, 1.54) is 0 Å². The largest absolute Gasteiger partial charge is 0.491 e. The van der Waals surface area contributed by atoms with Gasteiger partial charge in [0, 0.05) is 5.56 Å². The van der Waals surface area contributed by atoms with Gasteiger partial charge in [0.15, 0.2) is 0 Å². The fourth-order valence-electron chi connectivity index (χ4n) is 1.51. The van der Waals surface area contributed by atoms with Crippen molar-refractivity contribution in [3.05, 3.63) is 29.3 Å². The van der Waals surface area contributed by atoms with Gasteiger partial charge in [0.25, 0.3) is 0 Å². The third-order valence-electron chi connectivity index (χ3n) is 2.37. The highest BCUT2D eigenvalue weighted by atomic mass is 19.4. The van der Waals surface area contributed by atoms with E-state index in [1.807, 2.05) is 13.0 Å². The smallest absolute Gasteiger partial charge is 0.411 e. The Balaban J connectivity index is 2.46. The molecule has 0 unspecified atom stereocenters. The molecule has 108 valence electrons. The molecule has 0 spiro atoms. The summed E-state index contributed by atoms with van der Waals surface area (Å²) in [5, 5.41) is 9.54. The quantitative estimate of drug-likeness (QED) is 0.813. The van der Waals surface area contributed by atoms with Crippen molar-refractivity contribution < 1.29 is 27.8 Å². The maximum Gasteiger partial charge on any atom is 0.411 e. The van der Waals surface area contributed by atoms with Crippen LogP contribution in [-0.2, 0) is 4.74 Å². The van der Waals surface area contributed by atoms with E-state index < -0.39 is 18.9 Å². The molecule has 1 N–H and O–H groups in total. The number of aryl methyl sites for hydroxylation is 1. The number of rotatable bonds is 6. The predicted molar refractivity (Wildman–Crippen MR) is 64.2 cm³/mol. The summed E-state index contributed by atoms with van der Waals surface area (Å²) in [5.41, 5.74) is 1.54. The Morgan fingerprint density at radius 3 is 2.53 bits per heavy atom. The van der Waals surface area contributed by atoms with E-state index in [2.05, 4.69) is 4.74 Å². The zero-order chi connectivity index (χ0) is 14.5. The molecule has 19 heavy (non-hydrogen) atoms. The van der Waals surface area contributed by atoms with Crippen molar-refractivity contribution in [3.63, 3.8) is 0 Å². The first kappa shape index (κ1) is 15.8. The summed E-state index contributed by atoms with van der Waals surface area (Å²) in [4.78, 5) is 0. The van der Waals surface area contributed by atoms with E-state index in [0.29, 0.717) is 11.3 Å². The lowest BCUT2D eigenvalue weighted by Gasteiger charge is -2.14. The van der Waals surface area contributed by atoms with Gasteiger partial charge in [0.05, 0.1) is 12.7 Å². The average molecular weight is 278 g/mol. The zero-order valence-electron chi connectivity index (χ0n) is 10.8. The Bertz CT molecular complexity index is 403. The van der Waals surface area contributed by atoms with Gasteiger partial charge in [-0.15, -0.1) is 0 Å². The molecular weight excluding hydrogens is 261 g/mol. The second-order valence-corrected chi connectivity index (χ2v) is 4.23. The molecule has 0 heterocycles. The first-order valence-corrected chi connectivity index (χ1v) is 5.85. The Morgan fingerprint density at radius 1 is 1.26 bits per heavy atom. The SMILES string of the molecule is Cc1ccc([C@@H](C)O)c(OCCOCC(F)(F)F)c1. The van der Waals surface area contributed by atoms with Crippen LogP contribution in [-0.4, -0.2) is 31.1 Å². The van der Waals surface area contributed by atoms with Gasteiger partial charge in [-0.3, -0.25) is 0 Å². The van der Waals surface area contributed by atoms with Gasteiger partial charge in [-0.05, 0) is 25.5 Å². The molecule has 0 radical (unpaired) electrons. The molecule has 1 aromatic rings. The molecule has 3 nitrogen and oxygen atoms in total. The number of aliphatic hydroxyl groups is 1. The fraction of sp³-hybridized carbons (Fsp3) is 0.538. The highest BCUT2D eigenvalue weighted by Crippen LogP contribution is 2.26. The topological polar surface area (TPSA) is 38.7 Å². The molecule has 1 atom stereocenters. The maximum absolute atomic E-state index is 11.8. The third kappa shape index (κ3) is 5.94. The van der Waals surface area contributed by atoms with E-state index in [0.717, 1.165) is 5.56 Å². The lowest BCUT2D eigenvalue weighted by molar-refractivity contribution is -0.175. The second kappa shape index (κ2) is 6.77. The van der Waals surface area contributed by atoms with Gasteiger partial charge < -0.3 is 14.6 Å². The number of halogens is 3. The Hall–Kier alpha value is -1.27. The van der Waals surface area contributed by atoms with Crippen molar-refractivity contribution in [1.29, 1.82) is 0 Å². The highest BCUT2D eigenvalue weighted by Gasteiger charge is 2.27. The lowest BCUT2D eigenvalue weighted by Crippen LogP contribution is -2.19. The molecule has 6 heteroatoms. The van der Waals surface area contributed by atoms with Crippen LogP contribution in [0.15, 0.2) is 18.2 Å². The summed E-state index contributed by atoms with van der Waals surface area (Å²) in [6.07, 6.45) is -5.03. The van der Waals surface area contributed by atoms with Crippen LogP contribution in [0.2, 0.25) is 0 Å². The van der Waals surface area contributed by atoms with Crippen LogP contribution in [0.4, 0.5) is 13.2 Å². The van der Waals surface area contributed by atoms with Crippen molar-refractivity contribution in [2.75, 3.05) is 19.8 Å². The standard InChI is InChI=1S/C13H17F3O3/c1-9-3-4-11(10(2)17)12(7-9)19-6-5-18-8-13(14,15)16/h3-4,7,10,17H,5-6,8H2,1-2H3/t10-/m1/s1. The highest BCUT2D eigenvalue weighted by molar-refractivity contribution is 5.38. The van der Waals surface area contributed by atoms with Crippen LogP contribution in [0.25, 0.3) is 0 Å². The monoisotopic (exact) mass is 278 g/mol. The van der Waals surface area contributed by atoms with E-state index in [1.54, 1.807) is 19.1 Å². The third-order valence-corrected chi connectivity index (χ3v) is 2.37. The maximum atomic E-state index is 11.8. The van der Waals surface area contributed by atoms with Gasteiger partial charge in [-0.25, -0.2) is 0 Å². The number of hydrogen-bond acceptors (Lipinski definition) is 3. The minimum absolute atomic E-state index is 0.000741. The van der Waals surface area contributed by atoms with Crippen molar-refractivity contribution in [1.82, 2.24) is 0 Å². The Labute approximate surface area is 110 Å². The van der Waals surface area contributed by atoms with Gasteiger partial charge in [-0.2, -0.15) is 13.2 Å².